The lowest BCUT2D eigenvalue weighted by Gasteiger charge is -2.28. The molecule has 7 heteroatoms. The van der Waals surface area contributed by atoms with Crippen molar-refractivity contribution in [2.75, 3.05) is 16.4 Å². The first-order valence-electron chi connectivity index (χ1n) is 8.85. The monoisotopic (exact) mass is 404 g/mol. The summed E-state index contributed by atoms with van der Waals surface area (Å²) in [4.78, 5) is 6.78. The van der Waals surface area contributed by atoms with Crippen molar-refractivity contribution in [3.8, 4) is 0 Å². The van der Waals surface area contributed by atoms with Gasteiger partial charge in [-0.15, -0.1) is 0 Å². The van der Waals surface area contributed by atoms with Crippen LogP contribution in [0.15, 0.2) is 47.5 Å². The Balaban J connectivity index is 1.68. The van der Waals surface area contributed by atoms with Crippen molar-refractivity contribution in [1.29, 1.82) is 0 Å². The lowest BCUT2D eigenvalue weighted by atomic mass is 10.1. The van der Waals surface area contributed by atoms with Crippen molar-refractivity contribution in [1.82, 2.24) is 0 Å². The Morgan fingerprint density at radius 3 is 2.74 bits per heavy atom. The summed E-state index contributed by atoms with van der Waals surface area (Å²) in [5.41, 5.74) is 3.79. The molecule has 4 rings (SSSR count). The van der Waals surface area contributed by atoms with Crippen LogP contribution in [0.5, 0.6) is 0 Å². The number of aryl methyl sites for hydroxylation is 2. The zero-order chi connectivity index (χ0) is 19.2. The molecule has 142 valence electrons. The second kappa shape index (κ2) is 6.95. The smallest absolute Gasteiger partial charge is 0.164 e. The first kappa shape index (κ1) is 18.5. The molecular weight excluding hydrogens is 383 g/mol. The van der Waals surface area contributed by atoms with Crippen molar-refractivity contribution in [3.63, 3.8) is 0 Å². The Morgan fingerprint density at radius 1 is 1.19 bits per heavy atom. The molecule has 2 unspecified atom stereocenters. The Morgan fingerprint density at radius 2 is 1.96 bits per heavy atom. The Labute approximate surface area is 163 Å². The normalized spacial score (nSPS) is 23.4. The molecule has 2 heterocycles. The van der Waals surface area contributed by atoms with E-state index in [9.17, 15) is 12.8 Å². The van der Waals surface area contributed by atoms with Crippen LogP contribution in [0.3, 0.4) is 0 Å². The molecule has 2 aliphatic rings. The van der Waals surface area contributed by atoms with Crippen LogP contribution in [0.25, 0.3) is 0 Å². The summed E-state index contributed by atoms with van der Waals surface area (Å²) in [5.74, 6) is 0.421. The lowest BCUT2D eigenvalue weighted by Crippen LogP contribution is -2.39. The Bertz CT molecular complexity index is 1020. The summed E-state index contributed by atoms with van der Waals surface area (Å²) in [5, 5.41) is 0.775. The first-order chi connectivity index (χ1) is 12.8. The van der Waals surface area contributed by atoms with E-state index >= 15 is 0 Å². The summed E-state index contributed by atoms with van der Waals surface area (Å²) in [7, 11) is -3.08. The van der Waals surface area contributed by atoms with Gasteiger partial charge in [0.2, 0.25) is 0 Å². The van der Waals surface area contributed by atoms with Crippen LogP contribution >= 0.6 is 11.8 Å². The van der Waals surface area contributed by atoms with Gasteiger partial charge in [-0.05, 0) is 42.7 Å². The molecule has 0 aromatic heterocycles. The molecule has 4 nitrogen and oxygen atoms in total. The average Bonchev–Trinajstić information content (AvgIpc) is 3.07. The van der Waals surface area contributed by atoms with Crippen molar-refractivity contribution >= 4 is 32.5 Å². The van der Waals surface area contributed by atoms with Crippen LogP contribution in [-0.4, -0.2) is 37.2 Å². The molecule has 0 N–H and O–H groups in total. The second-order valence-electron chi connectivity index (χ2n) is 7.16. The fraction of sp³-hybridized carbons (Fsp3) is 0.350. The van der Waals surface area contributed by atoms with E-state index in [1.54, 1.807) is 12.1 Å². The van der Waals surface area contributed by atoms with Crippen molar-refractivity contribution in [2.45, 2.75) is 31.7 Å². The van der Waals surface area contributed by atoms with Gasteiger partial charge in [-0.1, -0.05) is 42.1 Å². The van der Waals surface area contributed by atoms with E-state index in [2.05, 4.69) is 11.0 Å². The van der Waals surface area contributed by atoms with Crippen LogP contribution in [0.1, 0.15) is 16.7 Å². The van der Waals surface area contributed by atoms with Crippen LogP contribution in [-0.2, 0) is 15.6 Å². The number of benzene rings is 2. The third kappa shape index (κ3) is 3.62. The Kier molecular flexibility index (Phi) is 4.76. The zero-order valence-corrected chi connectivity index (χ0v) is 16.9. The molecule has 0 bridgehead atoms. The molecule has 1 fully saturated rings. The van der Waals surface area contributed by atoms with Gasteiger partial charge in [0.1, 0.15) is 5.82 Å². The number of sulfone groups is 1. The van der Waals surface area contributed by atoms with E-state index in [4.69, 9.17) is 4.99 Å². The number of halogens is 1. The number of fused-ring (bicyclic) bond motifs is 1. The van der Waals surface area contributed by atoms with E-state index in [1.807, 2.05) is 32.0 Å². The summed E-state index contributed by atoms with van der Waals surface area (Å²) in [6, 6.07) is 12.4. The van der Waals surface area contributed by atoms with Crippen LogP contribution in [0, 0.1) is 19.7 Å². The van der Waals surface area contributed by atoms with Crippen LogP contribution in [0.4, 0.5) is 10.1 Å². The molecule has 0 saturated carbocycles. The molecule has 1 saturated heterocycles. The van der Waals surface area contributed by atoms with Gasteiger partial charge in [-0.2, -0.15) is 0 Å². The second-order valence-corrected chi connectivity index (χ2v) is 10.3. The van der Waals surface area contributed by atoms with E-state index in [1.165, 1.54) is 17.8 Å². The van der Waals surface area contributed by atoms with Gasteiger partial charge >= 0.3 is 0 Å². The highest BCUT2D eigenvalue weighted by molar-refractivity contribution is 8.13. The minimum Gasteiger partial charge on any atom is -0.315 e. The number of nitrogens with zero attached hydrogens (tertiary/aromatic N) is 2. The maximum atomic E-state index is 14.0. The van der Waals surface area contributed by atoms with E-state index in [-0.39, 0.29) is 29.4 Å². The molecule has 0 radical (unpaired) electrons. The van der Waals surface area contributed by atoms with E-state index in [0.29, 0.717) is 11.3 Å². The van der Waals surface area contributed by atoms with Gasteiger partial charge in [0.15, 0.2) is 15.0 Å². The van der Waals surface area contributed by atoms with Gasteiger partial charge in [0, 0.05) is 11.4 Å². The molecule has 0 amide bonds. The quantitative estimate of drug-likeness (QED) is 0.782. The maximum absolute atomic E-state index is 14.0. The molecule has 2 aliphatic heterocycles. The van der Waals surface area contributed by atoms with Gasteiger partial charge in [-0.25, -0.2) is 12.8 Å². The number of thioether (sulfide) groups is 1. The first-order valence-corrected chi connectivity index (χ1v) is 11.7. The topological polar surface area (TPSA) is 49.7 Å². The number of hydrogen-bond donors (Lipinski definition) is 0. The molecule has 0 aliphatic carbocycles. The van der Waals surface area contributed by atoms with Gasteiger partial charge < -0.3 is 4.90 Å². The van der Waals surface area contributed by atoms with Crippen LogP contribution < -0.4 is 4.90 Å². The lowest BCUT2D eigenvalue weighted by molar-refractivity contribution is 0.601. The van der Waals surface area contributed by atoms with E-state index in [0.717, 1.165) is 22.0 Å². The van der Waals surface area contributed by atoms with Gasteiger partial charge in [0.05, 0.1) is 23.6 Å². The highest BCUT2D eigenvalue weighted by atomic mass is 32.2. The SMILES string of the molecule is Cc1ccc(C)c(N2C(SCc3ccccc3F)=NC3CS(=O)(=O)CC32)c1. The minimum absolute atomic E-state index is 0.0861. The molecule has 0 spiro atoms. The summed E-state index contributed by atoms with van der Waals surface area (Å²) in [6.07, 6.45) is 0. The zero-order valence-electron chi connectivity index (χ0n) is 15.2. The van der Waals surface area contributed by atoms with E-state index < -0.39 is 9.84 Å². The number of aliphatic imine (C=N–C) groups is 1. The number of anilines is 1. The van der Waals surface area contributed by atoms with Gasteiger partial charge in [-0.3, -0.25) is 4.99 Å². The number of amidine groups is 1. The predicted octanol–water partition coefficient (Wildman–Crippen LogP) is 3.72. The van der Waals surface area contributed by atoms with Crippen molar-refractivity contribution in [2.24, 2.45) is 4.99 Å². The molecular formula is C20H21FN2O2S2. The third-order valence-corrected chi connectivity index (χ3v) is 7.76. The summed E-state index contributed by atoms with van der Waals surface area (Å²) in [6.45, 7) is 4.04. The highest BCUT2D eigenvalue weighted by Gasteiger charge is 2.47. The Hall–Kier alpha value is -1.86. The molecule has 2 atom stereocenters. The molecule has 2 aromatic rings. The third-order valence-electron chi connectivity index (χ3n) is 5.05. The fourth-order valence-electron chi connectivity index (χ4n) is 3.65. The van der Waals surface area contributed by atoms with Gasteiger partial charge in [0.25, 0.3) is 0 Å². The number of rotatable bonds is 3. The van der Waals surface area contributed by atoms with Crippen molar-refractivity contribution in [3.05, 3.63) is 65.0 Å². The predicted molar refractivity (Wildman–Crippen MR) is 110 cm³/mol. The minimum atomic E-state index is -3.08. The molecule has 2 aromatic carbocycles. The molecule has 27 heavy (non-hydrogen) atoms. The maximum Gasteiger partial charge on any atom is 0.164 e. The fourth-order valence-corrected chi connectivity index (χ4v) is 6.60. The average molecular weight is 405 g/mol. The summed E-state index contributed by atoms with van der Waals surface area (Å²) < 4.78 is 38.3. The largest absolute Gasteiger partial charge is 0.315 e. The van der Waals surface area contributed by atoms with Crippen molar-refractivity contribution < 1.29 is 12.8 Å². The highest BCUT2D eigenvalue weighted by Crippen LogP contribution is 2.37. The standard InChI is InChI=1S/C20H21FN2O2S2/c1-13-7-8-14(2)18(9-13)23-19-12-27(24,25)11-17(19)22-20(23)26-10-15-5-3-4-6-16(15)21/h3-9,17,19H,10-12H2,1-2H3. The van der Waals surface area contributed by atoms with Crippen LogP contribution in [0.2, 0.25) is 0 Å². The number of hydrogen-bond acceptors (Lipinski definition) is 5. The summed E-state index contributed by atoms with van der Waals surface area (Å²) >= 11 is 1.47.